The quantitative estimate of drug-likeness (QED) is 0.768. The van der Waals surface area contributed by atoms with Gasteiger partial charge in [-0.3, -0.25) is 4.98 Å². The number of benzene rings is 2. The SMILES string of the molecule is CC(N)(c1cccc(Cl)c1)c1cncc2ccccc12. The van der Waals surface area contributed by atoms with Gasteiger partial charge >= 0.3 is 0 Å². The number of hydrogen-bond acceptors (Lipinski definition) is 2. The Kier molecular flexibility index (Phi) is 3.20. The minimum atomic E-state index is -0.640. The first-order valence-electron chi connectivity index (χ1n) is 6.47. The fourth-order valence-electron chi connectivity index (χ4n) is 2.50. The van der Waals surface area contributed by atoms with Crippen molar-refractivity contribution >= 4 is 22.4 Å². The van der Waals surface area contributed by atoms with E-state index in [4.69, 9.17) is 17.3 Å². The molecule has 3 heteroatoms. The lowest BCUT2D eigenvalue weighted by molar-refractivity contribution is 0.606. The standard InChI is InChI=1S/C17H15ClN2/c1-17(19,13-6-4-7-14(18)9-13)16-11-20-10-12-5-2-3-8-15(12)16/h2-11H,19H2,1H3. The van der Waals surface area contributed by atoms with E-state index in [0.29, 0.717) is 5.02 Å². The van der Waals surface area contributed by atoms with Crippen molar-refractivity contribution in [2.75, 3.05) is 0 Å². The van der Waals surface area contributed by atoms with Crippen LogP contribution < -0.4 is 5.73 Å². The van der Waals surface area contributed by atoms with Crippen molar-refractivity contribution in [3.63, 3.8) is 0 Å². The molecule has 0 aliphatic heterocycles. The number of aromatic nitrogens is 1. The van der Waals surface area contributed by atoms with Crippen LogP contribution in [0.5, 0.6) is 0 Å². The lowest BCUT2D eigenvalue weighted by Crippen LogP contribution is -2.34. The van der Waals surface area contributed by atoms with Crippen LogP contribution in [0, 0.1) is 0 Å². The van der Waals surface area contributed by atoms with Gasteiger partial charge in [-0.2, -0.15) is 0 Å². The van der Waals surface area contributed by atoms with E-state index in [1.165, 1.54) is 0 Å². The summed E-state index contributed by atoms with van der Waals surface area (Å²) >= 11 is 6.09. The van der Waals surface area contributed by atoms with Gasteiger partial charge in [0, 0.05) is 28.4 Å². The van der Waals surface area contributed by atoms with Gasteiger partial charge < -0.3 is 5.73 Å². The Balaban J connectivity index is 2.23. The van der Waals surface area contributed by atoms with Crippen molar-refractivity contribution in [1.82, 2.24) is 4.98 Å². The molecule has 20 heavy (non-hydrogen) atoms. The number of nitrogens with two attached hydrogens (primary N) is 1. The summed E-state index contributed by atoms with van der Waals surface area (Å²) in [6.07, 6.45) is 3.69. The summed E-state index contributed by atoms with van der Waals surface area (Å²) in [5.74, 6) is 0. The lowest BCUT2D eigenvalue weighted by Gasteiger charge is -2.27. The molecule has 0 aliphatic rings. The summed E-state index contributed by atoms with van der Waals surface area (Å²) in [5, 5.41) is 2.89. The largest absolute Gasteiger partial charge is 0.318 e. The first-order chi connectivity index (χ1) is 9.59. The predicted molar refractivity (Wildman–Crippen MR) is 83.8 cm³/mol. The van der Waals surface area contributed by atoms with Crippen LogP contribution >= 0.6 is 11.6 Å². The van der Waals surface area contributed by atoms with Gasteiger partial charge in [-0.15, -0.1) is 0 Å². The topological polar surface area (TPSA) is 38.9 Å². The average molecular weight is 283 g/mol. The molecular weight excluding hydrogens is 268 g/mol. The Morgan fingerprint density at radius 2 is 1.85 bits per heavy atom. The molecule has 100 valence electrons. The summed E-state index contributed by atoms with van der Waals surface area (Å²) in [4.78, 5) is 4.31. The highest BCUT2D eigenvalue weighted by Gasteiger charge is 2.26. The van der Waals surface area contributed by atoms with Crippen LogP contribution in [0.15, 0.2) is 60.9 Å². The van der Waals surface area contributed by atoms with Gasteiger partial charge in [0.1, 0.15) is 0 Å². The van der Waals surface area contributed by atoms with E-state index in [-0.39, 0.29) is 0 Å². The second-order valence-corrected chi connectivity index (χ2v) is 5.56. The third-order valence-corrected chi connectivity index (χ3v) is 3.89. The number of hydrogen-bond donors (Lipinski definition) is 1. The molecule has 2 nitrogen and oxygen atoms in total. The smallest absolute Gasteiger partial charge is 0.0658 e. The Bertz CT molecular complexity index is 760. The summed E-state index contributed by atoms with van der Waals surface area (Å²) in [7, 11) is 0. The van der Waals surface area contributed by atoms with E-state index in [2.05, 4.69) is 11.1 Å². The zero-order valence-electron chi connectivity index (χ0n) is 11.2. The van der Waals surface area contributed by atoms with Gasteiger partial charge in [-0.25, -0.2) is 0 Å². The lowest BCUT2D eigenvalue weighted by atomic mass is 9.84. The van der Waals surface area contributed by atoms with Gasteiger partial charge in [0.25, 0.3) is 0 Å². The van der Waals surface area contributed by atoms with Gasteiger partial charge in [0.15, 0.2) is 0 Å². The zero-order valence-corrected chi connectivity index (χ0v) is 11.9. The fourth-order valence-corrected chi connectivity index (χ4v) is 2.69. The molecule has 2 aromatic carbocycles. The van der Waals surface area contributed by atoms with Crippen LogP contribution in [-0.2, 0) is 5.54 Å². The summed E-state index contributed by atoms with van der Waals surface area (Å²) in [6.45, 7) is 1.99. The highest BCUT2D eigenvalue weighted by atomic mass is 35.5. The average Bonchev–Trinajstić information content (AvgIpc) is 2.46. The van der Waals surface area contributed by atoms with Gasteiger partial charge in [-0.05, 0) is 30.0 Å². The van der Waals surface area contributed by atoms with Crippen molar-refractivity contribution < 1.29 is 0 Å². The molecule has 0 saturated carbocycles. The highest BCUT2D eigenvalue weighted by Crippen LogP contribution is 2.32. The number of rotatable bonds is 2. The second-order valence-electron chi connectivity index (χ2n) is 5.12. The van der Waals surface area contributed by atoms with Crippen molar-refractivity contribution in [3.05, 3.63) is 77.1 Å². The Labute approximate surface area is 123 Å². The van der Waals surface area contributed by atoms with E-state index in [0.717, 1.165) is 21.9 Å². The molecule has 0 aliphatic carbocycles. The Morgan fingerprint density at radius 3 is 2.65 bits per heavy atom. The molecule has 1 aromatic heterocycles. The molecule has 0 spiro atoms. The van der Waals surface area contributed by atoms with Gasteiger partial charge in [0.2, 0.25) is 0 Å². The van der Waals surface area contributed by atoms with Gasteiger partial charge in [-0.1, -0.05) is 48.0 Å². The van der Waals surface area contributed by atoms with Crippen LogP contribution in [0.2, 0.25) is 5.02 Å². The predicted octanol–water partition coefficient (Wildman–Crippen LogP) is 4.11. The van der Waals surface area contributed by atoms with E-state index >= 15 is 0 Å². The molecule has 1 heterocycles. The second kappa shape index (κ2) is 4.89. The summed E-state index contributed by atoms with van der Waals surface area (Å²) in [6, 6.07) is 15.8. The molecule has 2 N–H and O–H groups in total. The first kappa shape index (κ1) is 13.1. The van der Waals surface area contributed by atoms with Crippen molar-refractivity contribution in [2.24, 2.45) is 5.73 Å². The summed E-state index contributed by atoms with van der Waals surface area (Å²) in [5.41, 5.74) is 7.93. The number of pyridine rings is 1. The molecular formula is C17H15ClN2. The monoisotopic (exact) mass is 282 g/mol. The summed E-state index contributed by atoms with van der Waals surface area (Å²) < 4.78 is 0. The van der Waals surface area contributed by atoms with Crippen molar-refractivity contribution in [3.8, 4) is 0 Å². The van der Waals surface area contributed by atoms with E-state index < -0.39 is 5.54 Å². The van der Waals surface area contributed by atoms with E-state index in [1.54, 1.807) is 0 Å². The third-order valence-electron chi connectivity index (χ3n) is 3.65. The van der Waals surface area contributed by atoms with Crippen LogP contribution in [0.1, 0.15) is 18.1 Å². The van der Waals surface area contributed by atoms with Crippen LogP contribution in [-0.4, -0.2) is 4.98 Å². The molecule has 3 rings (SSSR count). The molecule has 0 fully saturated rings. The Hall–Kier alpha value is -1.90. The van der Waals surface area contributed by atoms with Crippen molar-refractivity contribution in [2.45, 2.75) is 12.5 Å². The molecule has 1 unspecified atom stereocenters. The van der Waals surface area contributed by atoms with Crippen LogP contribution in [0.3, 0.4) is 0 Å². The fraction of sp³-hybridized carbons (Fsp3) is 0.118. The normalized spacial score (nSPS) is 14.2. The minimum Gasteiger partial charge on any atom is -0.318 e. The zero-order chi connectivity index (χ0) is 14.2. The van der Waals surface area contributed by atoms with Crippen LogP contribution in [0.25, 0.3) is 10.8 Å². The maximum atomic E-state index is 6.60. The molecule has 1 atom stereocenters. The molecule has 0 radical (unpaired) electrons. The molecule has 0 saturated heterocycles. The molecule has 0 amide bonds. The van der Waals surface area contributed by atoms with E-state index in [9.17, 15) is 0 Å². The molecule has 0 bridgehead atoms. The molecule has 3 aromatic rings. The minimum absolute atomic E-state index is 0.640. The van der Waals surface area contributed by atoms with Crippen LogP contribution in [0.4, 0.5) is 0 Å². The van der Waals surface area contributed by atoms with Crippen molar-refractivity contribution in [1.29, 1.82) is 0 Å². The number of nitrogens with zero attached hydrogens (tertiary/aromatic N) is 1. The number of halogens is 1. The highest BCUT2D eigenvalue weighted by molar-refractivity contribution is 6.30. The van der Waals surface area contributed by atoms with Gasteiger partial charge in [0.05, 0.1) is 5.54 Å². The maximum Gasteiger partial charge on any atom is 0.0658 e. The maximum absolute atomic E-state index is 6.60. The first-order valence-corrected chi connectivity index (χ1v) is 6.85. The number of fused-ring (bicyclic) bond motifs is 1. The third kappa shape index (κ3) is 2.17. The Morgan fingerprint density at radius 1 is 1.05 bits per heavy atom. The van der Waals surface area contributed by atoms with E-state index in [1.807, 2.05) is 61.8 Å².